The molecule has 0 heterocycles. The monoisotopic (exact) mass is 232 g/mol. The zero-order valence-electron chi connectivity index (χ0n) is 9.90. The summed E-state index contributed by atoms with van der Waals surface area (Å²) < 4.78 is 5.25. The summed E-state index contributed by atoms with van der Waals surface area (Å²) >= 11 is 0. The van der Waals surface area contributed by atoms with Crippen LogP contribution in [0.2, 0.25) is 0 Å². The second-order valence-electron chi connectivity index (χ2n) is 5.13. The molecule has 1 fully saturated rings. The van der Waals surface area contributed by atoms with Crippen LogP contribution in [0.25, 0.3) is 0 Å². The van der Waals surface area contributed by atoms with E-state index in [4.69, 9.17) is 4.74 Å². The van der Waals surface area contributed by atoms with Crippen LogP contribution < -0.4 is 4.74 Å². The van der Waals surface area contributed by atoms with Gasteiger partial charge in [-0.15, -0.1) is 0 Å². The molecule has 1 N–H and O–H groups in total. The van der Waals surface area contributed by atoms with Gasteiger partial charge in [0.25, 0.3) is 0 Å². The minimum absolute atomic E-state index is 0.0893. The standard InChI is InChI=1S/C14H16O3/c1-17-10-5-4-9-3-2-6-14(11(9)7-10)8-12(14)13(15)16/h4-5,7,12H,2-3,6,8H2,1H3,(H,15,16). The van der Waals surface area contributed by atoms with E-state index in [2.05, 4.69) is 6.07 Å². The molecule has 1 saturated carbocycles. The third-order valence-electron chi connectivity index (χ3n) is 4.30. The lowest BCUT2D eigenvalue weighted by molar-refractivity contribution is -0.139. The molecule has 1 aromatic rings. The average molecular weight is 232 g/mol. The average Bonchev–Trinajstić information content (AvgIpc) is 3.05. The fraction of sp³-hybridized carbons (Fsp3) is 0.500. The molecule has 90 valence electrons. The van der Waals surface area contributed by atoms with Gasteiger partial charge in [0.2, 0.25) is 0 Å². The molecule has 2 atom stereocenters. The molecule has 2 aliphatic rings. The Kier molecular flexibility index (Phi) is 2.18. The Morgan fingerprint density at radius 2 is 2.35 bits per heavy atom. The number of aryl methyl sites for hydroxylation is 1. The van der Waals surface area contributed by atoms with Crippen molar-refractivity contribution < 1.29 is 14.6 Å². The summed E-state index contributed by atoms with van der Waals surface area (Å²) in [6.45, 7) is 0. The molecule has 3 heteroatoms. The van der Waals surface area contributed by atoms with E-state index in [1.807, 2.05) is 12.1 Å². The molecule has 0 aliphatic heterocycles. The van der Waals surface area contributed by atoms with Crippen molar-refractivity contribution in [2.24, 2.45) is 5.92 Å². The van der Waals surface area contributed by atoms with Crippen LogP contribution in [-0.2, 0) is 16.6 Å². The topological polar surface area (TPSA) is 46.5 Å². The Bertz CT molecular complexity index is 480. The highest BCUT2D eigenvalue weighted by atomic mass is 16.5. The van der Waals surface area contributed by atoms with Gasteiger partial charge in [0.1, 0.15) is 5.75 Å². The maximum absolute atomic E-state index is 11.2. The Morgan fingerprint density at radius 1 is 1.53 bits per heavy atom. The number of rotatable bonds is 2. The first-order valence-electron chi connectivity index (χ1n) is 6.07. The van der Waals surface area contributed by atoms with Gasteiger partial charge < -0.3 is 9.84 Å². The van der Waals surface area contributed by atoms with Gasteiger partial charge in [-0.05, 0) is 48.9 Å². The molecule has 17 heavy (non-hydrogen) atoms. The number of hydrogen-bond donors (Lipinski definition) is 1. The summed E-state index contributed by atoms with van der Waals surface area (Å²) in [6, 6.07) is 6.10. The van der Waals surface area contributed by atoms with Gasteiger partial charge in [0.15, 0.2) is 0 Å². The Balaban J connectivity index is 2.05. The first-order chi connectivity index (χ1) is 8.17. The van der Waals surface area contributed by atoms with Gasteiger partial charge >= 0.3 is 5.97 Å². The van der Waals surface area contributed by atoms with Crippen molar-refractivity contribution in [3.8, 4) is 5.75 Å². The Hall–Kier alpha value is -1.51. The largest absolute Gasteiger partial charge is 0.497 e. The molecule has 0 radical (unpaired) electrons. The number of carboxylic acid groups (broad SMARTS) is 1. The highest BCUT2D eigenvalue weighted by Gasteiger charge is 2.60. The summed E-state index contributed by atoms with van der Waals surface area (Å²) in [6.07, 6.45) is 3.96. The predicted octanol–water partition coefficient (Wildman–Crippen LogP) is 2.37. The normalized spacial score (nSPS) is 29.8. The van der Waals surface area contributed by atoms with Crippen molar-refractivity contribution in [1.82, 2.24) is 0 Å². The van der Waals surface area contributed by atoms with Crippen molar-refractivity contribution in [1.29, 1.82) is 0 Å². The van der Waals surface area contributed by atoms with Gasteiger partial charge in [-0.2, -0.15) is 0 Å². The molecule has 1 aromatic carbocycles. The van der Waals surface area contributed by atoms with Gasteiger partial charge in [0.05, 0.1) is 13.0 Å². The van der Waals surface area contributed by atoms with Crippen molar-refractivity contribution in [2.45, 2.75) is 31.1 Å². The second kappa shape index (κ2) is 3.49. The first kappa shape index (κ1) is 10.6. The van der Waals surface area contributed by atoms with Crippen molar-refractivity contribution in [3.63, 3.8) is 0 Å². The zero-order chi connectivity index (χ0) is 12.0. The van der Waals surface area contributed by atoms with Crippen LogP contribution in [0.1, 0.15) is 30.4 Å². The van der Waals surface area contributed by atoms with Crippen LogP contribution in [0.5, 0.6) is 5.75 Å². The van der Waals surface area contributed by atoms with Crippen molar-refractivity contribution in [3.05, 3.63) is 29.3 Å². The van der Waals surface area contributed by atoms with Crippen LogP contribution in [0.15, 0.2) is 18.2 Å². The quantitative estimate of drug-likeness (QED) is 0.851. The van der Waals surface area contributed by atoms with Crippen LogP contribution in [0.4, 0.5) is 0 Å². The van der Waals surface area contributed by atoms with E-state index in [1.165, 1.54) is 11.1 Å². The van der Waals surface area contributed by atoms with Gasteiger partial charge in [-0.1, -0.05) is 6.07 Å². The minimum atomic E-state index is -0.652. The van der Waals surface area contributed by atoms with Crippen LogP contribution in [0, 0.1) is 5.92 Å². The third kappa shape index (κ3) is 1.45. The van der Waals surface area contributed by atoms with E-state index < -0.39 is 5.97 Å². The lowest BCUT2D eigenvalue weighted by Crippen LogP contribution is -2.21. The van der Waals surface area contributed by atoms with Gasteiger partial charge in [-0.3, -0.25) is 4.79 Å². The summed E-state index contributed by atoms with van der Waals surface area (Å²) in [7, 11) is 1.65. The van der Waals surface area contributed by atoms with Gasteiger partial charge in [-0.25, -0.2) is 0 Å². The number of aliphatic carboxylic acids is 1. The number of ether oxygens (including phenoxy) is 1. The number of carbonyl (C=O) groups is 1. The zero-order valence-corrected chi connectivity index (χ0v) is 9.90. The molecule has 3 nitrogen and oxygen atoms in total. The molecule has 1 spiro atoms. The molecule has 0 bridgehead atoms. The van der Waals surface area contributed by atoms with E-state index in [-0.39, 0.29) is 11.3 Å². The van der Waals surface area contributed by atoms with E-state index >= 15 is 0 Å². The molecular weight excluding hydrogens is 216 g/mol. The lowest BCUT2D eigenvalue weighted by Gasteiger charge is -2.26. The molecule has 0 saturated heterocycles. The lowest BCUT2D eigenvalue weighted by atomic mass is 9.78. The molecule has 2 aliphatic carbocycles. The summed E-state index contributed by atoms with van der Waals surface area (Å²) in [4.78, 5) is 11.2. The van der Waals surface area contributed by atoms with E-state index in [0.717, 1.165) is 31.4 Å². The van der Waals surface area contributed by atoms with Crippen LogP contribution >= 0.6 is 0 Å². The van der Waals surface area contributed by atoms with Crippen molar-refractivity contribution in [2.75, 3.05) is 7.11 Å². The number of benzene rings is 1. The van der Waals surface area contributed by atoms with E-state index in [9.17, 15) is 9.90 Å². The van der Waals surface area contributed by atoms with Gasteiger partial charge in [0, 0.05) is 5.41 Å². The van der Waals surface area contributed by atoms with E-state index in [1.54, 1.807) is 7.11 Å². The molecule has 0 aromatic heterocycles. The fourth-order valence-corrected chi connectivity index (χ4v) is 3.30. The third-order valence-corrected chi connectivity index (χ3v) is 4.30. The molecular formula is C14H16O3. The SMILES string of the molecule is COc1ccc2c(c1)C1(CCC2)CC1C(=O)O. The van der Waals surface area contributed by atoms with E-state index in [0.29, 0.717) is 0 Å². The number of carboxylic acids is 1. The molecule has 2 unspecified atom stereocenters. The number of methoxy groups -OCH3 is 1. The van der Waals surface area contributed by atoms with Crippen LogP contribution in [0.3, 0.4) is 0 Å². The second-order valence-corrected chi connectivity index (χ2v) is 5.13. The smallest absolute Gasteiger partial charge is 0.307 e. The molecule has 0 amide bonds. The molecule has 3 rings (SSSR count). The number of hydrogen-bond acceptors (Lipinski definition) is 2. The maximum atomic E-state index is 11.2. The van der Waals surface area contributed by atoms with Crippen LogP contribution in [-0.4, -0.2) is 18.2 Å². The maximum Gasteiger partial charge on any atom is 0.307 e. The summed E-state index contributed by atoms with van der Waals surface area (Å²) in [5.41, 5.74) is 2.44. The minimum Gasteiger partial charge on any atom is -0.497 e. The highest BCUT2D eigenvalue weighted by Crippen LogP contribution is 2.60. The first-order valence-corrected chi connectivity index (χ1v) is 6.07. The summed E-state index contributed by atoms with van der Waals surface area (Å²) in [5.74, 6) is -0.00427. The summed E-state index contributed by atoms with van der Waals surface area (Å²) in [5, 5.41) is 9.19. The highest BCUT2D eigenvalue weighted by molar-refractivity contribution is 5.77. The fourth-order valence-electron chi connectivity index (χ4n) is 3.30. The Morgan fingerprint density at radius 3 is 3.00 bits per heavy atom. The predicted molar refractivity (Wildman–Crippen MR) is 63.4 cm³/mol. The number of fused-ring (bicyclic) bond motifs is 2. The van der Waals surface area contributed by atoms with Crippen molar-refractivity contribution >= 4 is 5.97 Å². The Labute approximate surface area is 100 Å².